The lowest BCUT2D eigenvalue weighted by Crippen LogP contribution is -2.40. The fourth-order valence-electron chi connectivity index (χ4n) is 0.431. The number of amides is 1. The molecule has 0 aliphatic rings. The molecule has 4 N–H and O–H groups in total. The fraction of sp³-hybridized carbons (Fsp3) is 0.625. The third kappa shape index (κ3) is 10.8. The lowest BCUT2D eigenvalue weighted by molar-refractivity contribution is -0.145. The molecule has 0 saturated heterocycles. The quantitative estimate of drug-likeness (QED) is 0.408. The van der Waals surface area contributed by atoms with Crippen molar-refractivity contribution in [2.24, 2.45) is 0 Å². The van der Waals surface area contributed by atoms with Crippen molar-refractivity contribution >= 4 is 30.5 Å². The van der Waals surface area contributed by atoms with Crippen LogP contribution in [0.5, 0.6) is 0 Å². The van der Waals surface area contributed by atoms with Crippen LogP contribution >= 0.6 is 12.6 Å². The van der Waals surface area contributed by atoms with Gasteiger partial charge in [-0.15, -0.1) is 0 Å². The summed E-state index contributed by atoms with van der Waals surface area (Å²) >= 11 is 3.73. The molecular weight excluding hydrogens is 238 g/mol. The number of thiol groups is 1. The van der Waals surface area contributed by atoms with Gasteiger partial charge in [0.05, 0.1) is 0 Å². The number of carboxylic acids is 2. The zero-order chi connectivity index (χ0) is 13.3. The van der Waals surface area contributed by atoms with Gasteiger partial charge in [-0.2, -0.15) is 12.6 Å². The lowest BCUT2D eigenvalue weighted by Gasteiger charge is -2.08. The second-order valence-corrected chi connectivity index (χ2v) is 3.15. The molecule has 0 fully saturated rings. The van der Waals surface area contributed by atoms with Crippen molar-refractivity contribution in [1.82, 2.24) is 5.32 Å². The molecule has 0 aliphatic carbocycles. The second kappa shape index (κ2) is 8.98. The normalized spacial score (nSPS) is 12.8. The molecule has 1 amide bonds. The van der Waals surface area contributed by atoms with E-state index in [1.54, 1.807) is 0 Å². The molecule has 0 radical (unpaired) electrons. The van der Waals surface area contributed by atoms with Crippen LogP contribution in [-0.4, -0.2) is 51.1 Å². The molecular formula is C8H15NO6S. The van der Waals surface area contributed by atoms with E-state index in [0.717, 1.165) is 0 Å². The van der Waals surface area contributed by atoms with Crippen molar-refractivity contribution in [2.75, 3.05) is 5.75 Å². The summed E-state index contributed by atoms with van der Waals surface area (Å²) in [6, 6.07) is -0.874. The molecule has 0 saturated carbocycles. The van der Waals surface area contributed by atoms with Crippen molar-refractivity contribution in [3.63, 3.8) is 0 Å². The van der Waals surface area contributed by atoms with Crippen LogP contribution < -0.4 is 5.32 Å². The Morgan fingerprint density at radius 2 is 1.62 bits per heavy atom. The summed E-state index contributed by atoms with van der Waals surface area (Å²) in [7, 11) is 0. The van der Waals surface area contributed by atoms with Gasteiger partial charge in [0.1, 0.15) is 12.1 Å². The average Bonchev–Trinajstić information content (AvgIpc) is 2.14. The summed E-state index contributed by atoms with van der Waals surface area (Å²) in [5.41, 5.74) is 0. The molecule has 0 rings (SSSR count). The van der Waals surface area contributed by atoms with Crippen LogP contribution in [-0.2, 0) is 14.4 Å². The smallest absolute Gasteiger partial charge is 0.332 e. The van der Waals surface area contributed by atoms with Crippen molar-refractivity contribution in [3.8, 4) is 0 Å². The van der Waals surface area contributed by atoms with Crippen LogP contribution in [0.1, 0.15) is 13.8 Å². The van der Waals surface area contributed by atoms with E-state index in [1.807, 2.05) is 0 Å². The van der Waals surface area contributed by atoms with Crippen molar-refractivity contribution in [2.45, 2.75) is 26.0 Å². The van der Waals surface area contributed by atoms with Gasteiger partial charge in [0, 0.05) is 12.7 Å². The summed E-state index contributed by atoms with van der Waals surface area (Å²) in [6.45, 7) is 2.46. The maximum atomic E-state index is 10.3. The fourth-order valence-corrected chi connectivity index (χ4v) is 0.678. The summed E-state index contributed by atoms with van der Waals surface area (Å²) in [5, 5.41) is 26.3. The van der Waals surface area contributed by atoms with E-state index in [-0.39, 0.29) is 11.7 Å². The lowest BCUT2D eigenvalue weighted by atomic mass is 10.3. The van der Waals surface area contributed by atoms with Crippen molar-refractivity contribution in [3.05, 3.63) is 0 Å². The minimum absolute atomic E-state index is 0.106. The Morgan fingerprint density at radius 3 is 1.69 bits per heavy atom. The Morgan fingerprint density at radius 1 is 1.25 bits per heavy atom. The predicted octanol–water partition coefficient (Wildman–Crippen LogP) is -1.04. The summed E-state index contributed by atoms with van der Waals surface area (Å²) in [4.78, 5) is 30.0. The van der Waals surface area contributed by atoms with E-state index in [9.17, 15) is 14.4 Å². The number of aliphatic hydroxyl groups is 1. The first-order valence-corrected chi connectivity index (χ1v) is 4.87. The van der Waals surface area contributed by atoms with E-state index in [2.05, 4.69) is 17.9 Å². The number of carboxylic acid groups (broad SMARTS) is 2. The second-order valence-electron chi connectivity index (χ2n) is 2.79. The number of hydrogen-bond donors (Lipinski definition) is 5. The van der Waals surface area contributed by atoms with Gasteiger partial charge >= 0.3 is 11.9 Å². The number of rotatable bonds is 4. The van der Waals surface area contributed by atoms with Crippen LogP contribution in [0.3, 0.4) is 0 Å². The number of nitrogens with one attached hydrogen (secondary N) is 1. The topological polar surface area (TPSA) is 124 Å². The van der Waals surface area contributed by atoms with Gasteiger partial charge in [0.15, 0.2) is 0 Å². The first kappa shape index (κ1) is 17.1. The third-order valence-corrected chi connectivity index (χ3v) is 1.58. The van der Waals surface area contributed by atoms with Gasteiger partial charge in [-0.3, -0.25) is 4.79 Å². The number of aliphatic hydroxyl groups excluding tert-OH is 1. The molecule has 0 aromatic carbocycles. The van der Waals surface area contributed by atoms with Gasteiger partial charge in [-0.25, -0.2) is 9.59 Å². The minimum Gasteiger partial charge on any atom is -0.480 e. The zero-order valence-corrected chi connectivity index (χ0v) is 9.77. The van der Waals surface area contributed by atoms with Crippen LogP contribution in [0.2, 0.25) is 0 Å². The third-order valence-electron chi connectivity index (χ3n) is 1.22. The van der Waals surface area contributed by atoms with E-state index in [4.69, 9.17) is 15.3 Å². The number of hydrogen-bond acceptors (Lipinski definition) is 5. The predicted molar refractivity (Wildman–Crippen MR) is 58.4 cm³/mol. The van der Waals surface area contributed by atoms with Crippen LogP contribution in [0.25, 0.3) is 0 Å². The number of carbonyl (C=O) groups is 3. The molecule has 0 bridgehead atoms. The molecule has 0 aromatic heterocycles. The van der Waals surface area contributed by atoms with E-state index >= 15 is 0 Å². The molecule has 0 spiro atoms. The van der Waals surface area contributed by atoms with Gasteiger partial charge < -0.3 is 20.6 Å². The molecule has 2 atom stereocenters. The van der Waals surface area contributed by atoms with Crippen molar-refractivity contribution < 1.29 is 29.7 Å². The summed E-state index contributed by atoms with van der Waals surface area (Å²) < 4.78 is 0. The van der Waals surface area contributed by atoms with Crippen LogP contribution in [0.4, 0.5) is 0 Å². The zero-order valence-electron chi connectivity index (χ0n) is 8.88. The van der Waals surface area contributed by atoms with E-state index in [0.29, 0.717) is 0 Å². The van der Waals surface area contributed by atoms with Gasteiger partial charge in [0.25, 0.3) is 0 Å². The Hall–Kier alpha value is -1.28. The highest BCUT2D eigenvalue weighted by atomic mass is 32.1. The Bertz CT molecular complexity index is 255. The molecule has 8 heteroatoms. The van der Waals surface area contributed by atoms with Gasteiger partial charge in [0.2, 0.25) is 5.91 Å². The van der Waals surface area contributed by atoms with Crippen LogP contribution in [0, 0.1) is 0 Å². The first-order valence-electron chi connectivity index (χ1n) is 4.24. The Labute approximate surface area is 97.9 Å². The monoisotopic (exact) mass is 253 g/mol. The molecule has 1 unspecified atom stereocenters. The minimum atomic E-state index is -1.23. The Balaban J connectivity index is 0. The number of carbonyl (C=O) groups excluding carboxylic acids is 1. The molecule has 0 aromatic rings. The maximum Gasteiger partial charge on any atom is 0.332 e. The molecule has 16 heavy (non-hydrogen) atoms. The Kier molecular flexibility index (Phi) is 9.61. The van der Waals surface area contributed by atoms with Crippen molar-refractivity contribution in [1.29, 1.82) is 0 Å². The maximum absolute atomic E-state index is 10.3. The van der Waals surface area contributed by atoms with Gasteiger partial charge in [-0.1, -0.05) is 0 Å². The SMILES string of the molecule is CC(=O)N[C@@H](CS)C(=O)O.CC(O)C(=O)O. The average molecular weight is 253 g/mol. The van der Waals surface area contributed by atoms with E-state index in [1.165, 1.54) is 13.8 Å². The number of aliphatic carboxylic acids is 2. The van der Waals surface area contributed by atoms with Gasteiger partial charge in [-0.05, 0) is 6.92 Å². The van der Waals surface area contributed by atoms with E-state index < -0.39 is 24.1 Å². The first-order chi connectivity index (χ1) is 7.22. The molecule has 7 nitrogen and oxygen atoms in total. The highest BCUT2D eigenvalue weighted by molar-refractivity contribution is 7.80. The summed E-state index contributed by atoms with van der Waals surface area (Å²) in [5.74, 6) is -2.50. The molecule has 0 heterocycles. The largest absolute Gasteiger partial charge is 0.480 e. The molecule has 0 aliphatic heterocycles. The summed E-state index contributed by atoms with van der Waals surface area (Å²) in [6.07, 6.45) is -1.23. The standard InChI is InChI=1S/C5H9NO3S.C3H6O3/c1-3(7)6-4(2-10)5(8)9;1-2(4)3(5)6/h4,10H,2H2,1H3,(H,6,7)(H,8,9);2,4H,1H3,(H,5,6)/t4-;/m0./s1. The molecule has 94 valence electrons. The van der Waals surface area contributed by atoms with Crippen LogP contribution in [0.15, 0.2) is 0 Å². The highest BCUT2D eigenvalue weighted by Gasteiger charge is 2.15. The highest BCUT2D eigenvalue weighted by Crippen LogP contribution is 1.86.